The Labute approximate surface area is 119 Å². The normalized spacial score (nSPS) is 10.5. The van der Waals surface area contributed by atoms with E-state index in [-0.39, 0.29) is 5.91 Å². The van der Waals surface area contributed by atoms with Crippen LogP contribution in [0.15, 0.2) is 42.6 Å². The third-order valence-electron chi connectivity index (χ3n) is 3.43. The lowest BCUT2D eigenvalue weighted by Crippen LogP contribution is -2.33. The van der Waals surface area contributed by atoms with Gasteiger partial charge >= 0.3 is 0 Å². The topological polar surface area (TPSA) is 51.3 Å². The molecule has 2 aromatic rings. The number of hydrogen-bond acceptors (Lipinski definition) is 2. The summed E-state index contributed by atoms with van der Waals surface area (Å²) >= 11 is 0. The van der Waals surface area contributed by atoms with E-state index in [1.165, 1.54) is 5.56 Å². The highest BCUT2D eigenvalue weighted by Crippen LogP contribution is 2.12. The quantitative estimate of drug-likeness (QED) is 0.907. The van der Waals surface area contributed by atoms with Crippen LogP contribution in [0.4, 0.5) is 5.69 Å². The van der Waals surface area contributed by atoms with E-state index < -0.39 is 0 Å². The molecule has 0 radical (unpaired) electrons. The van der Waals surface area contributed by atoms with Gasteiger partial charge in [-0.1, -0.05) is 30.3 Å². The summed E-state index contributed by atoms with van der Waals surface area (Å²) in [5.41, 5.74) is 8.23. The molecule has 0 saturated heterocycles. The van der Waals surface area contributed by atoms with Crippen molar-refractivity contribution >= 4 is 11.6 Å². The summed E-state index contributed by atoms with van der Waals surface area (Å²) in [6, 6.07) is 11.9. The van der Waals surface area contributed by atoms with E-state index in [0.717, 1.165) is 6.42 Å². The van der Waals surface area contributed by atoms with Crippen LogP contribution in [0, 0.1) is 0 Å². The van der Waals surface area contributed by atoms with Crippen molar-refractivity contribution in [3.8, 4) is 0 Å². The van der Waals surface area contributed by atoms with Crippen LogP contribution in [0.3, 0.4) is 0 Å². The molecule has 0 bridgehead atoms. The molecule has 4 heteroatoms. The fourth-order valence-corrected chi connectivity index (χ4v) is 2.28. The van der Waals surface area contributed by atoms with Crippen LogP contribution in [-0.2, 0) is 13.5 Å². The molecule has 1 aromatic carbocycles. The maximum atomic E-state index is 12.5. The number of aryl methyl sites for hydroxylation is 1. The van der Waals surface area contributed by atoms with Crippen molar-refractivity contribution in [1.82, 2.24) is 9.47 Å². The molecule has 0 unspecified atom stereocenters. The zero-order valence-electron chi connectivity index (χ0n) is 12.0. The van der Waals surface area contributed by atoms with Crippen molar-refractivity contribution in [2.45, 2.75) is 13.3 Å². The summed E-state index contributed by atoms with van der Waals surface area (Å²) in [6.45, 7) is 3.40. The first-order chi connectivity index (χ1) is 9.61. The zero-order chi connectivity index (χ0) is 14.5. The van der Waals surface area contributed by atoms with Gasteiger partial charge in [-0.3, -0.25) is 4.79 Å². The van der Waals surface area contributed by atoms with Crippen molar-refractivity contribution in [2.24, 2.45) is 7.05 Å². The van der Waals surface area contributed by atoms with Gasteiger partial charge in [-0.25, -0.2) is 0 Å². The van der Waals surface area contributed by atoms with Gasteiger partial charge in [-0.2, -0.15) is 0 Å². The van der Waals surface area contributed by atoms with Crippen molar-refractivity contribution in [1.29, 1.82) is 0 Å². The van der Waals surface area contributed by atoms with Crippen LogP contribution in [0.2, 0.25) is 0 Å². The maximum absolute atomic E-state index is 12.5. The molecule has 0 spiro atoms. The van der Waals surface area contributed by atoms with Gasteiger partial charge in [0, 0.05) is 26.3 Å². The Kier molecular flexibility index (Phi) is 4.45. The smallest absolute Gasteiger partial charge is 0.270 e. The van der Waals surface area contributed by atoms with Crippen molar-refractivity contribution in [2.75, 3.05) is 18.8 Å². The number of carbonyl (C=O) groups is 1. The number of aromatic nitrogens is 1. The van der Waals surface area contributed by atoms with Gasteiger partial charge in [0.2, 0.25) is 0 Å². The Hall–Kier alpha value is -2.23. The molecular weight excluding hydrogens is 250 g/mol. The predicted molar refractivity (Wildman–Crippen MR) is 81.5 cm³/mol. The Morgan fingerprint density at radius 2 is 2.00 bits per heavy atom. The molecule has 2 N–H and O–H groups in total. The van der Waals surface area contributed by atoms with Gasteiger partial charge in [0.05, 0.1) is 5.69 Å². The van der Waals surface area contributed by atoms with Crippen LogP contribution < -0.4 is 5.73 Å². The number of anilines is 1. The first kappa shape index (κ1) is 14.2. The Balaban J connectivity index is 2.05. The van der Waals surface area contributed by atoms with Crippen LogP contribution in [0.25, 0.3) is 0 Å². The molecule has 4 nitrogen and oxygen atoms in total. The average molecular weight is 271 g/mol. The van der Waals surface area contributed by atoms with E-state index in [1.807, 2.05) is 37.1 Å². The number of hydrogen-bond donors (Lipinski definition) is 1. The SMILES string of the molecule is CCN(CCc1ccccc1)C(=O)c1cc(N)cn1C. The molecule has 20 heavy (non-hydrogen) atoms. The van der Waals surface area contributed by atoms with Crippen LogP contribution in [0.1, 0.15) is 23.0 Å². The molecule has 0 aliphatic rings. The summed E-state index contributed by atoms with van der Waals surface area (Å²) in [7, 11) is 1.84. The molecule has 0 aliphatic carbocycles. The predicted octanol–water partition coefficient (Wildman–Crippen LogP) is 2.31. The highest BCUT2D eigenvalue weighted by Gasteiger charge is 2.17. The third-order valence-corrected chi connectivity index (χ3v) is 3.43. The first-order valence-corrected chi connectivity index (χ1v) is 6.87. The second kappa shape index (κ2) is 6.28. The molecule has 2 rings (SSSR count). The van der Waals surface area contributed by atoms with Crippen molar-refractivity contribution in [3.05, 3.63) is 53.9 Å². The van der Waals surface area contributed by atoms with Gasteiger partial charge in [0.15, 0.2) is 0 Å². The number of carbonyl (C=O) groups excluding carboxylic acids is 1. The summed E-state index contributed by atoms with van der Waals surface area (Å²) < 4.78 is 1.78. The van der Waals surface area contributed by atoms with Gasteiger partial charge in [0.1, 0.15) is 5.69 Å². The lowest BCUT2D eigenvalue weighted by molar-refractivity contribution is 0.0756. The summed E-state index contributed by atoms with van der Waals surface area (Å²) in [5.74, 6) is 0.0302. The molecule has 106 valence electrons. The minimum atomic E-state index is 0.0302. The van der Waals surface area contributed by atoms with Crippen molar-refractivity contribution < 1.29 is 4.79 Å². The first-order valence-electron chi connectivity index (χ1n) is 6.87. The molecule has 1 amide bonds. The zero-order valence-corrected chi connectivity index (χ0v) is 12.0. The molecule has 0 fully saturated rings. The van der Waals surface area contributed by atoms with E-state index >= 15 is 0 Å². The summed E-state index contributed by atoms with van der Waals surface area (Å²) in [6.07, 6.45) is 2.62. The standard InChI is InChI=1S/C16H21N3O/c1-3-19(10-9-13-7-5-4-6-8-13)16(20)15-11-14(17)12-18(15)2/h4-8,11-12H,3,9-10,17H2,1-2H3. The maximum Gasteiger partial charge on any atom is 0.270 e. The number of nitrogens with two attached hydrogens (primary N) is 1. The Morgan fingerprint density at radius 1 is 1.30 bits per heavy atom. The minimum Gasteiger partial charge on any atom is -0.397 e. The second-order valence-corrected chi connectivity index (χ2v) is 4.89. The molecule has 1 heterocycles. The minimum absolute atomic E-state index is 0.0302. The van der Waals surface area contributed by atoms with Gasteiger partial charge in [0.25, 0.3) is 5.91 Å². The van der Waals surface area contributed by atoms with E-state index in [1.54, 1.807) is 16.8 Å². The number of nitrogen functional groups attached to an aromatic ring is 1. The number of rotatable bonds is 5. The summed E-state index contributed by atoms with van der Waals surface area (Å²) in [4.78, 5) is 14.3. The lowest BCUT2D eigenvalue weighted by atomic mass is 10.1. The van der Waals surface area contributed by atoms with Crippen LogP contribution >= 0.6 is 0 Å². The lowest BCUT2D eigenvalue weighted by Gasteiger charge is -2.21. The Morgan fingerprint density at radius 3 is 2.55 bits per heavy atom. The van der Waals surface area contributed by atoms with Crippen LogP contribution in [-0.4, -0.2) is 28.5 Å². The fraction of sp³-hybridized carbons (Fsp3) is 0.312. The monoisotopic (exact) mass is 271 g/mol. The highest BCUT2D eigenvalue weighted by molar-refractivity contribution is 5.93. The number of amides is 1. The molecule has 0 aliphatic heterocycles. The number of likely N-dealkylation sites (N-methyl/N-ethyl adjacent to an activating group) is 1. The van der Waals surface area contributed by atoms with Crippen molar-refractivity contribution in [3.63, 3.8) is 0 Å². The molecule has 0 atom stereocenters. The van der Waals surface area contributed by atoms with E-state index in [0.29, 0.717) is 24.5 Å². The fourth-order valence-electron chi connectivity index (χ4n) is 2.28. The highest BCUT2D eigenvalue weighted by atomic mass is 16.2. The number of benzene rings is 1. The third kappa shape index (κ3) is 3.20. The van der Waals surface area contributed by atoms with E-state index in [9.17, 15) is 4.79 Å². The Bertz CT molecular complexity index is 575. The van der Waals surface area contributed by atoms with Gasteiger partial charge in [-0.15, -0.1) is 0 Å². The average Bonchev–Trinajstić information content (AvgIpc) is 2.79. The van der Waals surface area contributed by atoms with E-state index in [2.05, 4.69) is 12.1 Å². The van der Waals surface area contributed by atoms with Gasteiger partial charge in [-0.05, 0) is 25.0 Å². The largest absolute Gasteiger partial charge is 0.397 e. The second-order valence-electron chi connectivity index (χ2n) is 4.89. The molecular formula is C16H21N3O. The van der Waals surface area contributed by atoms with Gasteiger partial charge < -0.3 is 15.2 Å². The van der Waals surface area contributed by atoms with E-state index in [4.69, 9.17) is 5.73 Å². The van der Waals surface area contributed by atoms with Crippen LogP contribution in [0.5, 0.6) is 0 Å². The molecule has 1 aromatic heterocycles. The number of nitrogens with zero attached hydrogens (tertiary/aromatic N) is 2. The summed E-state index contributed by atoms with van der Waals surface area (Å²) in [5, 5.41) is 0. The molecule has 0 saturated carbocycles.